The van der Waals surface area contributed by atoms with Crippen LogP contribution in [0.5, 0.6) is 5.75 Å². The molecule has 1 amide bonds. The molecule has 23 heavy (non-hydrogen) atoms. The van der Waals surface area contributed by atoms with Crippen LogP contribution >= 0.6 is 0 Å². The van der Waals surface area contributed by atoms with E-state index in [4.69, 9.17) is 9.47 Å². The smallest absolute Gasteiger partial charge is 0.248 e. The SMILES string of the molecule is CN(CCOc1ccccc1F)C(=O)COCc1ccccc1. The van der Waals surface area contributed by atoms with Gasteiger partial charge in [-0.1, -0.05) is 42.5 Å². The number of halogens is 1. The Balaban J connectivity index is 1.66. The first-order valence-electron chi connectivity index (χ1n) is 7.40. The second-order valence-corrected chi connectivity index (χ2v) is 5.07. The van der Waals surface area contributed by atoms with Crippen LogP contribution < -0.4 is 4.74 Å². The van der Waals surface area contributed by atoms with Crippen LogP contribution in [-0.4, -0.2) is 37.6 Å². The summed E-state index contributed by atoms with van der Waals surface area (Å²) in [5, 5.41) is 0. The topological polar surface area (TPSA) is 38.8 Å². The zero-order valence-corrected chi connectivity index (χ0v) is 13.1. The molecule has 2 aromatic rings. The standard InChI is InChI=1S/C18H20FNO3/c1-20(11-12-23-17-10-6-5-9-16(17)19)18(21)14-22-13-15-7-3-2-4-8-15/h2-10H,11-14H2,1H3. The Hall–Kier alpha value is -2.40. The number of hydrogen-bond donors (Lipinski definition) is 0. The highest BCUT2D eigenvalue weighted by atomic mass is 19.1. The van der Waals surface area contributed by atoms with E-state index in [0.29, 0.717) is 13.2 Å². The molecule has 0 atom stereocenters. The van der Waals surface area contributed by atoms with Crippen LogP contribution in [0.4, 0.5) is 4.39 Å². The molecule has 2 aromatic carbocycles. The maximum absolute atomic E-state index is 13.4. The van der Waals surface area contributed by atoms with Gasteiger partial charge >= 0.3 is 0 Å². The molecule has 0 spiro atoms. The predicted octanol–water partition coefficient (Wildman–Crippen LogP) is 2.88. The van der Waals surface area contributed by atoms with Crippen LogP contribution in [0, 0.1) is 5.82 Å². The number of nitrogens with zero attached hydrogens (tertiary/aromatic N) is 1. The number of para-hydroxylation sites is 1. The van der Waals surface area contributed by atoms with E-state index >= 15 is 0 Å². The Bertz CT molecular complexity index is 619. The van der Waals surface area contributed by atoms with E-state index in [9.17, 15) is 9.18 Å². The molecule has 2 rings (SSSR count). The maximum Gasteiger partial charge on any atom is 0.248 e. The Morgan fingerprint density at radius 2 is 1.78 bits per heavy atom. The second kappa shape index (κ2) is 8.90. The molecule has 0 bridgehead atoms. The van der Waals surface area contributed by atoms with Crippen molar-refractivity contribution in [3.05, 3.63) is 66.0 Å². The van der Waals surface area contributed by atoms with Crippen LogP contribution in [0.15, 0.2) is 54.6 Å². The van der Waals surface area contributed by atoms with E-state index in [0.717, 1.165) is 5.56 Å². The van der Waals surface area contributed by atoms with E-state index in [1.54, 1.807) is 25.2 Å². The lowest BCUT2D eigenvalue weighted by molar-refractivity contribution is -0.135. The Labute approximate surface area is 135 Å². The van der Waals surface area contributed by atoms with Gasteiger partial charge in [0.2, 0.25) is 5.91 Å². The largest absolute Gasteiger partial charge is 0.489 e. The van der Waals surface area contributed by atoms with Crippen molar-refractivity contribution in [1.29, 1.82) is 0 Å². The number of hydrogen-bond acceptors (Lipinski definition) is 3. The summed E-state index contributed by atoms with van der Waals surface area (Å²) in [6.07, 6.45) is 0. The Morgan fingerprint density at radius 1 is 1.09 bits per heavy atom. The lowest BCUT2D eigenvalue weighted by Crippen LogP contribution is -2.33. The fraction of sp³-hybridized carbons (Fsp3) is 0.278. The van der Waals surface area contributed by atoms with E-state index < -0.39 is 5.82 Å². The second-order valence-electron chi connectivity index (χ2n) is 5.07. The molecule has 0 aliphatic carbocycles. The van der Waals surface area contributed by atoms with E-state index in [-0.39, 0.29) is 24.9 Å². The van der Waals surface area contributed by atoms with Crippen LogP contribution in [0.1, 0.15) is 5.56 Å². The molecule has 0 saturated heterocycles. The fourth-order valence-corrected chi connectivity index (χ4v) is 1.92. The lowest BCUT2D eigenvalue weighted by Gasteiger charge is -2.17. The van der Waals surface area contributed by atoms with Crippen molar-refractivity contribution in [2.75, 3.05) is 26.8 Å². The fourth-order valence-electron chi connectivity index (χ4n) is 1.92. The first-order valence-corrected chi connectivity index (χ1v) is 7.40. The molecule has 0 unspecified atom stereocenters. The summed E-state index contributed by atoms with van der Waals surface area (Å²) in [5.41, 5.74) is 1.02. The van der Waals surface area contributed by atoms with Gasteiger partial charge in [0.15, 0.2) is 11.6 Å². The van der Waals surface area contributed by atoms with E-state index in [1.807, 2.05) is 30.3 Å². The minimum absolute atomic E-state index is 0.00505. The van der Waals surface area contributed by atoms with Gasteiger partial charge in [-0.15, -0.1) is 0 Å². The third kappa shape index (κ3) is 5.71. The molecule has 0 N–H and O–H groups in total. The van der Waals surface area contributed by atoms with Crippen molar-refractivity contribution >= 4 is 5.91 Å². The Kier molecular flexibility index (Phi) is 6.56. The number of carbonyl (C=O) groups excluding carboxylic acids is 1. The summed E-state index contributed by atoms with van der Waals surface area (Å²) in [5.74, 6) is -0.362. The van der Waals surface area contributed by atoms with Gasteiger partial charge in [0.1, 0.15) is 13.2 Å². The third-order valence-corrected chi connectivity index (χ3v) is 3.28. The molecule has 0 saturated carbocycles. The lowest BCUT2D eigenvalue weighted by atomic mass is 10.2. The third-order valence-electron chi connectivity index (χ3n) is 3.28. The zero-order valence-electron chi connectivity index (χ0n) is 13.1. The van der Waals surface area contributed by atoms with Gasteiger partial charge in [0.25, 0.3) is 0 Å². The predicted molar refractivity (Wildman–Crippen MR) is 85.6 cm³/mol. The van der Waals surface area contributed by atoms with Crippen molar-refractivity contribution in [3.8, 4) is 5.75 Å². The molecular formula is C18H20FNO3. The zero-order chi connectivity index (χ0) is 16.5. The average molecular weight is 317 g/mol. The van der Waals surface area contributed by atoms with Gasteiger partial charge in [-0.05, 0) is 17.7 Å². The normalized spacial score (nSPS) is 10.3. The maximum atomic E-state index is 13.4. The van der Waals surface area contributed by atoms with Gasteiger partial charge in [0, 0.05) is 7.05 Å². The summed E-state index contributed by atoms with van der Waals surface area (Å²) in [4.78, 5) is 13.4. The minimum atomic E-state index is -0.410. The van der Waals surface area contributed by atoms with Crippen LogP contribution in [0.2, 0.25) is 0 Å². The molecule has 5 heteroatoms. The molecule has 0 heterocycles. The molecular weight excluding hydrogens is 297 g/mol. The van der Waals surface area contributed by atoms with Gasteiger partial charge in [-0.25, -0.2) is 4.39 Å². The molecule has 122 valence electrons. The highest BCUT2D eigenvalue weighted by Gasteiger charge is 2.09. The summed E-state index contributed by atoms with van der Waals surface area (Å²) < 4.78 is 24.1. The molecule has 0 radical (unpaired) electrons. The van der Waals surface area contributed by atoms with Crippen LogP contribution in [0.25, 0.3) is 0 Å². The van der Waals surface area contributed by atoms with Crippen molar-refractivity contribution in [1.82, 2.24) is 4.90 Å². The number of likely N-dealkylation sites (N-methyl/N-ethyl adjacent to an activating group) is 1. The molecule has 0 aliphatic rings. The first-order chi connectivity index (χ1) is 11.2. The van der Waals surface area contributed by atoms with Crippen molar-refractivity contribution in [2.24, 2.45) is 0 Å². The number of rotatable bonds is 8. The highest BCUT2D eigenvalue weighted by molar-refractivity contribution is 5.77. The van der Waals surface area contributed by atoms with Gasteiger partial charge in [0.05, 0.1) is 13.2 Å². The summed E-state index contributed by atoms with van der Waals surface area (Å²) in [6.45, 7) is 0.987. The van der Waals surface area contributed by atoms with Gasteiger partial charge in [-0.2, -0.15) is 0 Å². The van der Waals surface area contributed by atoms with Gasteiger partial charge in [-0.3, -0.25) is 4.79 Å². The number of ether oxygens (including phenoxy) is 2. The van der Waals surface area contributed by atoms with E-state index in [2.05, 4.69) is 0 Å². The average Bonchev–Trinajstić information content (AvgIpc) is 2.57. The first kappa shape index (κ1) is 17.0. The van der Waals surface area contributed by atoms with Crippen molar-refractivity contribution < 1.29 is 18.7 Å². The molecule has 0 aliphatic heterocycles. The highest BCUT2D eigenvalue weighted by Crippen LogP contribution is 2.14. The molecule has 0 fully saturated rings. The summed E-state index contributed by atoms with van der Waals surface area (Å²) in [6, 6.07) is 15.8. The minimum Gasteiger partial charge on any atom is -0.489 e. The van der Waals surface area contributed by atoms with Crippen LogP contribution in [0.3, 0.4) is 0 Å². The number of amides is 1. The van der Waals surface area contributed by atoms with Crippen molar-refractivity contribution in [2.45, 2.75) is 6.61 Å². The molecule has 0 aromatic heterocycles. The van der Waals surface area contributed by atoms with Gasteiger partial charge < -0.3 is 14.4 Å². The Morgan fingerprint density at radius 3 is 2.52 bits per heavy atom. The monoisotopic (exact) mass is 317 g/mol. The quantitative estimate of drug-likeness (QED) is 0.751. The van der Waals surface area contributed by atoms with Crippen LogP contribution in [-0.2, 0) is 16.1 Å². The number of benzene rings is 2. The molecule has 4 nitrogen and oxygen atoms in total. The number of carbonyl (C=O) groups is 1. The summed E-state index contributed by atoms with van der Waals surface area (Å²) in [7, 11) is 1.67. The summed E-state index contributed by atoms with van der Waals surface area (Å²) >= 11 is 0. The van der Waals surface area contributed by atoms with Crippen molar-refractivity contribution in [3.63, 3.8) is 0 Å². The van der Waals surface area contributed by atoms with E-state index in [1.165, 1.54) is 11.0 Å².